The lowest BCUT2D eigenvalue weighted by Gasteiger charge is -2.10. The smallest absolute Gasteiger partial charge is 0.173 e. The van der Waals surface area contributed by atoms with Crippen molar-refractivity contribution in [1.82, 2.24) is 9.55 Å². The number of nitrogens with zero attached hydrogens (tertiary/aromatic N) is 2. The van der Waals surface area contributed by atoms with Crippen molar-refractivity contribution in [2.24, 2.45) is 0 Å². The lowest BCUT2D eigenvalue weighted by Crippen LogP contribution is -2.05. The predicted molar refractivity (Wildman–Crippen MR) is 106 cm³/mol. The molecule has 3 rings (SSSR count). The lowest BCUT2D eigenvalue weighted by molar-refractivity contribution is 0.102. The molecular formula is C19H17BrN2O3S. The van der Waals surface area contributed by atoms with Gasteiger partial charge in [-0.05, 0) is 42.5 Å². The highest BCUT2D eigenvalue weighted by molar-refractivity contribution is 9.10. The van der Waals surface area contributed by atoms with Crippen molar-refractivity contribution in [3.05, 3.63) is 64.9 Å². The van der Waals surface area contributed by atoms with Gasteiger partial charge in [-0.15, -0.1) is 0 Å². The molecule has 134 valence electrons. The summed E-state index contributed by atoms with van der Waals surface area (Å²) in [6.45, 7) is 0. The normalized spacial score (nSPS) is 10.6. The summed E-state index contributed by atoms with van der Waals surface area (Å²) in [5.41, 5.74) is 1.57. The van der Waals surface area contributed by atoms with E-state index in [0.717, 1.165) is 15.3 Å². The average molecular weight is 433 g/mol. The quantitative estimate of drug-likeness (QED) is 0.402. The average Bonchev–Trinajstić information content (AvgIpc) is 3.14. The summed E-state index contributed by atoms with van der Waals surface area (Å²) in [7, 11) is 3.12. The van der Waals surface area contributed by atoms with Crippen LogP contribution in [0.1, 0.15) is 10.4 Å². The molecule has 0 saturated heterocycles. The van der Waals surface area contributed by atoms with Crippen molar-refractivity contribution < 1.29 is 14.3 Å². The minimum absolute atomic E-state index is 0.00121. The van der Waals surface area contributed by atoms with Crippen LogP contribution in [0.15, 0.2) is 64.5 Å². The number of Topliss-reactive ketones (excluding diaryl/α,β-unsaturated/α-hetero) is 1. The van der Waals surface area contributed by atoms with Crippen LogP contribution in [-0.2, 0) is 0 Å². The lowest BCUT2D eigenvalue weighted by atomic mass is 10.1. The first-order valence-corrected chi connectivity index (χ1v) is 9.57. The Balaban J connectivity index is 1.73. The molecule has 3 aromatic rings. The van der Waals surface area contributed by atoms with Crippen LogP contribution in [0, 0.1) is 0 Å². The molecule has 0 spiro atoms. The summed E-state index contributed by atoms with van der Waals surface area (Å²) in [4.78, 5) is 16.9. The summed E-state index contributed by atoms with van der Waals surface area (Å²) in [6, 6.07) is 13.1. The van der Waals surface area contributed by atoms with Gasteiger partial charge in [0.05, 0.1) is 20.0 Å². The molecule has 0 N–H and O–H groups in total. The molecular weight excluding hydrogens is 416 g/mol. The van der Waals surface area contributed by atoms with Crippen LogP contribution < -0.4 is 9.47 Å². The van der Waals surface area contributed by atoms with Gasteiger partial charge in [0.2, 0.25) is 0 Å². The Bertz CT molecular complexity index is 909. The van der Waals surface area contributed by atoms with Gasteiger partial charge >= 0.3 is 0 Å². The molecule has 0 aliphatic heterocycles. The third-order valence-corrected chi connectivity index (χ3v) is 5.24. The van der Waals surface area contributed by atoms with Gasteiger partial charge in [0.25, 0.3) is 0 Å². The van der Waals surface area contributed by atoms with Crippen LogP contribution in [0.2, 0.25) is 0 Å². The predicted octanol–water partition coefficient (Wildman–Crippen LogP) is 4.63. The van der Waals surface area contributed by atoms with Crippen LogP contribution in [0.5, 0.6) is 11.5 Å². The first kappa shape index (κ1) is 18.5. The minimum atomic E-state index is 0.00121. The topological polar surface area (TPSA) is 53.3 Å². The zero-order valence-corrected chi connectivity index (χ0v) is 16.7. The van der Waals surface area contributed by atoms with Gasteiger partial charge in [-0.2, -0.15) is 0 Å². The maximum absolute atomic E-state index is 12.5. The van der Waals surface area contributed by atoms with Crippen molar-refractivity contribution in [2.75, 3.05) is 20.0 Å². The van der Waals surface area contributed by atoms with E-state index in [1.165, 1.54) is 11.8 Å². The SMILES string of the molecule is COc1ccc(C(=O)CSc2nccn2-c2ccc(Br)cc2)cc1OC. The van der Waals surface area contributed by atoms with Crippen LogP contribution in [0.3, 0.4) is 0 Å². The van der Waals surface area contributed by atoms with Gasteiger partial charge in [0, 0.05) is 28.1 Å². The Morgan fingerprint density at radius 1 is 1.12 bits per heavy atom. The van der Waals surface area contributed by atoms with Gasteiger partial charge in [0.15, 0.2) is 22.4 Å². The maximum Gasteiger partial charge on any atom is 0.173 e. The van der Waals surface area contributed by atoms with E-state index in [0.29, 0.717) is 17.1 Å². The van der Waals surface area contributed by atoms with Gasteiger partial charge in [-0.3, -0.25) is 9.36 Å². The number of hydrogen-bond acceptors (Lipinski definition) is 5. The zero-order valence-electron chi connectivity index (χ0n) is 14.3. The third kappa shape index (κ3) is 4.11. The summed E-state index contributed by atoms with van der Waals surface area (Å²) in [5.74, 6) is 1.42. The standard InChI is InChI=1S/C19H17BrN2O3S/c1-24-17-8-3-13(11-18(17)25-2)16(23)12-26-19-21-9-10-22(19)15-6-4-14(20)5-7-15/h3-11H,12H2,1-2H3. The van der Waals surface area contributed by atoms with Gasteiger partial charge in [0.1, 0.15) is 0 Å². The van der Waals surface area contributed by atoms with Crippen molar-refractivity contribution in [3.8, 4) is 17.2 Å². The Morgan fingerprint density at radius 3 is 2.54 bits per heavy atom. The molecule has 5 nitrogen and oxygen atoms in total. The highest BCUT2D eigenvalue weighted by atomic mass is 79.9. The number of carbonyl (C=O) groups is 1. The summed E-state index contributed by atoms with van der Waals surface area (Å²) in [5, 5.41) is 0.765. The molecule has 0 amide bonds. The first-order valence-electron chi connectivity index (χ1n) is 7.79. The second kappa shape index (κ2) is 8.42. The molecule has 7 heteroatoms. The minimum Gasteiger partial charge on any atom is -0.493 e. The van der Waals surface area contributed by atoms with Crippen molar-refractivity contribution in [2.45, 2.75) is 5.16 Å². The highest BCUT2D eigenvalue weighted by Gasteiger charge is 2.13. The fourth-order valence-electron chi connectivity index (χ4n) is 2.42. The molecule has 0 radical (unpaired) electrons. The Hall–Kier alpha value is -2.25. The van der Waals surface area contributed by atoms with Crippen LogP contribution in [0.25, 0.3) is 5.69 Å². The second-order valence-corrected chi connectivity index (χ2v) is 7.20. The number of benzene rings is 2. The maximum atomic E-state index is 12.5. The van der Waals surface area contributed by atoms with Gasteiger partial charge < -0.3 is 9.47 Å². The van der Waals surface area contributed by atoms with E-state index in [1.807, 2.05) is 35.0 Å². The van der Waals surface area contributed by atoms with Crippen molar-refractivity contribution in [1.29, 1.82) is 0 Å². The Morgan fingerprint density at radius 2 is 1.85 bits per heavy atom. The number of aromatic nitrogens is 2. The molecule has 0 fully saturated rings. The second-order valence-electron chi connectivity index (χ2n) is 5.34. The molecule has 0 bridgehead atoms. The molecule has 2 aromatic carbocycles. The number of rotatable bonds is 7. The number of ether oxygens (including phenoxy) is 2. The van der Waals surface area contributed by atoms with E-state index in [4.69, 9.17) is 9.47 Å². The van der Waals surface area contributed by atoms with E-state index < -0.39 is 0 Å². The number of imidazole rings is 1. The fourth-order valence-corrected chi connectivity index (χ4v) is 3.55. The van der Waals surface area contributed by atoms with E-state index in [-0.39, 0.29) is 11.5 Å². The Kier molecular flexibility index (Phi) is 6.00. The summed E-state index contributed by atoms with van der Waals surface area (Å²) in [6.07, 6.45) is 3.61. The largest absolute Gasteiger partial charge is 0.493 e. The van der Waals surface area contributed by atoms with Crippen LogP contribution >= 0.6 is 27.7 Å². The van der Waals surface area contributed by atoms with E-state index in [2.05, 4.69) is 20.9 Å². The Labute approximate surface area is 164 Å². The van der Waals surface area contributed by atoms with E-state index in [9.17, 15) is 4.79 Å². The van der Waals surface area contributed by atoms with Gasteiger partial charge in [-0.1, -0.05) is 27.7 Å². The van der Waals surface area contributed by atoms with E-state index in [1.54, 1.807) is 38.6 Å². The number of halogens is 1. The van der Waals surface area contributed by atoms with Crippen LogP contribution in [-0.4, -0.2) is 35.3 Å². The molecule has 0 aliphatic carbocycles. The van der Waals surface area contributed by atoms with E-state index >= 15 is 0 Å². The molecule has 1 aromatic heterocycles. The molecule has 0 aliphatic rings. The zero-order chi connectivity index (χ0) is 18.5. The van der Waals surface area contributed by atoms with Crippen molar-refractivity contribution in [3.63, 3.8) is 0 Å². The molecule has 0 saturated carbocycles. The number of ketones is 1. The summed E-state index contributed by atoms with van der Waals surface area (Å²) >= 11 is 4.83. The monoisotopic (exact) mass is 432 g/mol. The third-order valence-electron chi connectivity index (χ3n) is 3.75. The number of hydrogen-bond donors (Lipinski definition) is 0. The number of methoxy groups -OCH3 is 2. The number of thioether (sulfide) groups is 1. The highest BCUT2D eigenvalue weighted by Crippen LogP contribution is 2.29. The fraction of sp³-hybridized carbons (Fsp3) is 0.158. The number of carbonyl (C=O) groups excluding carboxylic acids is 1. The van der Waals surface area contributed by atoms with Crippen molar-refractivity contribution >= 4 is 33.5 Å². The molecule has 0 unspecified atom stereocenters. The summed E-state index contributed by atoms with van der Waals surface area (Å²) < 4.78 is 13.4. The van der Waals surface area contributed by atoms with Crippen LogP contribution in [0.4, 0.5) is 0 Å². The first-order chi connectivity index (χ1) is 12.6. The molecule has 0 atom stereocenters. The molecule has 26 heavy (non-hydrogen) atoms. The molecule has 1 heterocycles. The van der Waals surface area contributed by atoms with Gasteiger partial charge in [-0.25, -0.2) is 4.98 Å².